The first-order valence-corrected chi connectivity index (χ1v) is 4.23. The molecule has 0 unspecified atom stereocenters. The predicted octanol–water partition coefficient (Wildman–Crippen LogP) is 1.37. The second-order valence-electron chi connectivity index (χ2n) is 2.07. The molecule has 0 aliphatic heterocycles. The van der Waals surface area contributed by atoms with Crippen LogP contribution < -0.4 is 0 Å². The number of hydrogen-bond donors (Lipinski definition) is 2. The van der Waals surface area contributed by atoms with Crippen LogP contribution in [0.5, 0.6) is 0 Å². The van der Waals surface area contributed by atoms with Crippen LogP contribution in [0.2, 0.25) is 0 Å². The molecule has 0 spiro atoms. The molecule has 5 heteroatoms. The molecule has 60 valence electrons. The third-order valence-electron chi connectivity index (χ3n) is 1.12. The van der Waals surface area contributed by atoms with Crippen molar-refractivity contribution in [2.24, 2.45) is 0 Å². The van der Waals surface area contributed by atoms with Crippen molar-refractivity contribution >= 4 is 29.9 Å². The number of thiol groups is 1. The van der Waals surface area contributed by atoms with Crippen molar-refractivity contribution in [1.82, 2.24) is 4.98 Å². The minimum atomic E-state index is -0.855. The first-order valence-electron chi connectivity index (χ1n) is 2.96. The largest absolute Gasteiger partial charge is 0.481 e. The molecular formula is C6H7NO2S2. The van der Waals surface area contributed by atoms with Gasteiger partial charge < -0.3 is 5.11 Å². The highest BCUT2D eigenvalue weighted by Gasteiger charge is 2.07. The van der Waals surface area contributed by atoms with E-state index in [9.17, 15) is 4.79 Å². The smallest absolute Gasteiger partial charge is 0.310 e. The molecule has 0 amide bonds. The van der Waals surface area contributed by atoms with Crippen LogP contribution >= 0.6 is 24.0 Å². The Kier molecular flexibility index (Phi) is 2.51. The highest BCUT2D eigenvalue weighted by Crippen LogP contribution is 2.21. The van der Waals surface area contributed by atoms with Gasteiger partial charge in [0.05, 0.1) is 16.3 Å². The van der Waals surface area contributed by atoms with Crippen LogP contribution in [0, 0.1) is 6.92 Å². The average Bonchev–Trinajstić information content (AvgIpc) is 2.10. The average molecular weight is 189 g/mol. The van der Waals surface area contributed by atoms with E-state index in [1.807, 2.05) is 6.92 Å². The number of rotatable bonds is 2. The number of carboxylic acids is 1. The maximum absolute atomic E-state index is 10.2. The number of carboxylic acid groups (broad SMARTS) is 1. The molecule has 0 saturated carbocycles. The van der Waals surface area contributed by atoms with Crippen molar-refractivity contribution < 1.29 is 9.90 Å². The summed E-state index contributed by atoms with van der Waals surface area (Å²) in [5.41, 5.74) is 0.801. The SMILES string of the molecule is Cc1nc(CC(=O)O)sc1S. The molecule has 0 aromatic carbocycles. The van der Waals surface area contributed by atoms with E-state index >= 15 is 0 Å². The van der Waals surface area contributed by atoms with E-state index < -0.39 is 5.97 Å². The van der Waals surface area contributed by atoms with Gasteiger partial charge in [0.25, 0.3) is 0 Å². The monoisotopic (exact) mass is 189 g/mol. The van der Waals surface area contributed by atoms with Crippen LogP contribution in [0.1, 0.15) is 10.7 Å². The van der Waals surface area contributed by atoms with Gasteiger partial charge in [0, 0.05) is 0 Å². The molecule has 11 heavy (non-hydrogen) atoms. The zero-order chi connectivity index (χ0) is 8.43. The molecule has 0 aliphatic carbocycles. The molecule has 0 saturated heterocycles. The topological polar surface area (TPSA) is 50.2 Å². The Morgan fingerprint density at radius 2 is 2.45 bits per heavy atom. The zero-order valence-corrected chi connectivity index (χ0v) is 7.58. The van der Waals surface area contributed by atoms with Gasteiger partial charge in [0.2, 0.25) is 0 Å². The van der Waals surface area contributed by atoms with Gasteiger partial charge in [-0.05, 0) is 6.92 Å². The van der Waals surface area contributed by atoms with Gasteiger partial charge in [0.1, 0.15) is 5.01 Å². The normalized spacial score (nSPS) is 10.0. The van der Waals surface area contributed by atoms with Crippen LogP contribution in [0.3, 0.4) is 0 Å². The fourth-order valence-corrected chi connectivity index (χ4v) is 1.81. The number of aliphatic carboxylic acids is 1. The molecule has 1 rings (SSSR count). The number of carbonyl (C=O) groups is 1. The van der Waals surface area contributed by atoms with Gasteiger partial charge in [-0.1, -0.05) is 0 Å². The first kappa shape index (κ1) is 8.55. The highest BCUT2D eigenvalue weighted by atomic mass is 32.2. The summed E-state index contributed by atoms with van der Waals surface area (Å²) in [5, 5.41) is 9.02. The van der Waals surface area contributed by atoms with E-state index in [1.54, 1.807) is 0 Å². The van der Waals surface area contributed by atoms with Crippen molar-refractivity contribution in [3.8, 4) is 0 Å². The number of thiazole rings is 1. The fraction of sp³-hybridized carbons (Fsp3) is 0.333. The Balaban J connectivity index is 2.81. The number of aryl methyl sites for hydroxylation is 1. The van der Waals surface area contributed by atoms with Gasteiger partial charge in [-0.2, -0.15) is 0 Å². The summed E-state index contributed by atoms with van der Waals surface area (Å²) in [6.07, 6.45) is -0.00787. The zero-order valence-electron chi connectivity index (χ0n) is 5.87. The summed E-state index contributed by atoms with van der Waals surface area (Å²) in [4.78, 5) is 14.2. The summed E-state index contributed by atoms with van der Waals surface area (Å²) in [5.74, 6) is -0.855. The Morgan fingerprint density at radius 3 is 2.82 bits per heavy atom. The van der Waals surface area contributed by atoms with Crippen LogP contribution in [0.4, 0.5) is 0 Å². The van der Waals surface area contributed by atoms with E-state index in [4.69, 9.17) is 5.11 Å². The third-order valence-corrected chi connectivity index (χ3v) is 2.68. The van der Waals surface area contributed by atoms with Crippen molar-refractivity contribution in [2.45, 2.75) is 17.6 Å². The Morgan fingerprint density at radius 1 is 1.82 bits per heavy atom. The summed E-state index contributed by atoms with van der Waals surface area (Å²) in [6.45, 7) is 1.81. The van der Waals surface area contributed by atoms with Gasteiger partial charge in [-0.25, -0.2) is 4.98 Å². The highest BCUT2D eigenvalue weighted by molar-refractivity contribution is 7.82. The lowest BCUT2D eigenvalue weighted by Crippen LogP contribution is -1.98. The molecule has 0 fully saturated rings. The lowest BCUT2D eigenvalue weighted by Gasteiger charge is -1.84. The van der Waals surface area contributed by atoms with Crippen LogP contribution in [-0.4, -0.2) is 16.1 Å². The summed E-state index contributed by atoms with van der Waals surface area (Å²) < 4.78 is 0.793. The molecule has 0 radical (unpaired) electrons. The first-order chi connectivity index (χ1) is 5.09. The Labute approximate surface area is 73.5 Å². The van der Waals surface area contributed by atoms with Gasteiger partial charge in [-0.3, -0.25) is 4.79 Å². The maximum atomic E-state index is 10.2. The van der Waals surface area contributed by atoms with Crippen LogP contribution in [0.15, 0.2) is 4.21 Å². The molecular weight excluding hydrogens is 182 g/mol. The van der Waals surface area contributed by atoms with Gasteiger partial charge in [0.15, 0.2) is 0 Å². The van der Waals surface area contributed by atoms with Crippen molar-refractivity contribution in [3.63, 3.8) is 0 Å². The van der Waals surface area contributed by atoms with Gasteiger partial charge in [-0.15, -0.1) is 24.0 Å². The Hall–Kier alpha value is -0.550. The number of hydrogen-bond acceptors (Lipinski definition) is 4. The number of nitrogens with zero attached hydrogens (tertiary/aromatic N) is 1. The molecule has 0 atom stereocenters. The lowest BCUT2D eigenvalue weighted by atomic mass is 10.4. The molecule has 1 aromatic rings. The molecule has 0 aliphatic rings. The standard InChI is InChI=1S/C6H7NO2S2/c1-3-6(10)11-4(7-3)2-5(8)9/h10H,2H2,1H3,(H,8,9). The van der Waals surface area contributed by atoms with E-state index in [-0.39, 0.29) is 6.42 Å². The fourth-order valence-electron chi connectivity index (χ4n) is 0.648. The maximum Gasteiger partial charge on any atom is 0.310 e. The van der Waals surface area contributed by atoms with Crippen LogP contribution in [-0.2, 0) is 11.2 Å². The third kappa shape index (κ3) is 2.20. The second kappa shape index (κ2) is 3.23. The summed E-state index contributed by atoms with van der Waals surface area (Å²) in [7, 11) is 0. The van der Waals surface area contributed by atoms with Crippen molar-refractivity contribution in [2.75, 3.05) is 0 Å². The summed E-state index contributed by atoms with van der Waals surface area (Å²) in [6, 6.07) is 0. The number of aromatic nitrogens is 1. The lowest BCUT2D eigenvalue weighted by molar-refractivity contribution is -0.136. The van der Waals surface area contributed by atoms with Crippen LogP contribution in [0.25, 0.3) is 0 Å². The van der Waals surface area contributed by atoms with E-state index in [1.165, 1.54) is 11.3 Å². The quantitative estimate of drug-likeness (QED) is 0.691. The van der Waals surface area contributed by atoms with E-state index in [0.29, 0.717) is 5.01 Å². The molecule has 1 aromatic heterocycles. The van der Waals surface area contributed by atoms with Crippen molar-refractivity contribution in [3.05, 3.63) is 10.7 Å². The predicted molar refractivity (Wildman–Crippen MR) is 45.4 cm³/mol. The molecule has 0 bridgehead atoms. The molecule has 1 N–H and O–H groups in total. The molecule has 3 nitrogen and oxygen atoms in total. The van der Waals surface area contributed by atoms with E-state index in [0.717, 1.165) is 9.90 Å². The second-order valence-corrected chi connectivity index (χ2v) is 3.90. The minimum Gasteiger partial charge on any atom is -0.481 e. The molecule has 1 heterocycles. The summed E-state index contributed by atoms with van der Waals surface area (Å²) >= 11 is 5.42. The minimum absolute atomic E-state index is 0.00787. The van der Waals surface area contributed by atoms with Crippen molar-refractivity contribution in [1.29, 1.82) is 0 Å². The van der Waals surface area contributed by atoms with Gasteiger partial charge >= 0.3 is 5.97 Å². The van der Waals surface area contributed by atoms with E-state index in [2.05, 4.69) is 17.6 Å². The Bertz CT molecular complexity index is 263.